The van der Waals surface area contributed by atoms with E-state index in [1.807, 2.05) is 19.9 Å². The second kappa shape index (κ2) is 6.65. The van der Waals surface area contributed by atoms with E-state index in [-0.39, 0.29) is 29.2 Å². The number of carbonyl (C=O) groups is 2. The van der Waals surface area contributed by atoms with Crippen molar-refractivity contribution in [3.05, 3.63) is 50.8 Å². The van der Waals surface area contributed by atoms with E-state index in [1.165, 1.54) is 4.57 Å². The lowest BCUT2D eigenvalue weighted by Gasteiger charge is -2.37. The predicted octanol–water partition coefficient (Wildman–Crippen LogP) is 1.57. The molecule has 0 bridgehead atoms. The standard InChI is InChI=1S/C19H19ClN4O4/c1-9-7-23(8-10(2)28-9)14-4-3-11(5-13(14)20)24-15(25)6-12-16(17(24)21)19(27)22-18(12)26/h3-6,9-10H,7-8,21H2,1-2H3,(H,22,26,27). The molecule has 2 aliphatic rings. The molecule has 1 aromatic carbocycles. The molecule has 2 amide bonds. The van der Waals surface area contributed by atoms with E-state index < -0.39 is 17.4 Å². The van der Waals surface area contributed by atoms with Crippen LogP contribution in [-0.2, 0) is 4.74 Å². The van der Waals surface area contributed by atoms with Crippen LogP contribution >= 0.6 is 11.6 Å². The molecular weight excluding hydrogens is 384 g/mol. The zero-order valence-corrected chi connectivity index (χ0v) is 16.1. The Balaban J connectivity index is 1.77. The van der Waals surface area contributed by atoms with Gasteiger partial charge in [-0.2, -0.15) is 0 Å². The highest BCUT2D eigenvalue weighted by molar-refractivity contribution is 6.33. The highest BCUT2D eigenvalue weighted by Crippen LogP contribution is 2.31. The maximum atomic E-state index is 12.6. The van der Waals surface area contributed by atoms with Gasteiger partial charge in [0.25, 0.3) is 17.4 Å². The van der Waals surface area contributed by atoms with Gasteiger partial charge >= 0.3 is 0 Å². The number of carbonyl (C=O) groups excluding carboxylic acids is 2. The highest BCUT2D eigenvalue weighted by atomic mass is 35.5. The Morgan fingerprint density at radius 1 is 1.11 bits per heavy atom. The van der Waals surface area contributed by atoms with E-state index in [0.717, 1.165) is 11.8 Å². The zero-order valence-electron chi connectivity index (χ0n) is 15.4. The fourth-order valence-electron chi connectivity index (χ4n) is 3.81. The van der Waals surface area contributed by atoms with Crippen molar-refractivity contribution in [2.75, 3.05) is 23.7 Å². The van der Waals surface area contributed by atoms with E-state index in [1.54, 1.807) is 12.1 Å². The van der Waals surface area contributed by atoms with Crippen molar-refractivity contribution in [2.45, 2.75) is 26.1 Å². The molecule has 1 aromatic heterocycles. The average molecular weight is 403 g/mol. The van der Waals surface area contributed by atoms with Crippen LogP contribution in [0.5, 0.6) is 0 Å². The molecule has 3 heterocycles. The smallest absolute Gasteiger partial charge is 0.262 e. The van der Waals surface area contributed by atoms with Crippen LogP contribution in [0, 0.1) is 0 Å². The Hall–Kier alpha value is -2.84. The first-order valence-corrected chi connectivity index (χ1v) is 9.25. The topological polar surface area (TPSA) is 107 Å². The maximum absolute atomic E-state index is 12.6. The van der Waals surface area contributed by atoms with Crippen LogP contribution in [0.1, 0.15) is 34.6 Å². The van der Waals surface area contributed by atoms with Gasteiger partial charge in [0.1, 0.15) is 5.82 Å². The largest absolute Gasteiger partial charge is 0.384 e. The number of morpholine rings is 1. The second-order valence-electron chi connectivity index (χ2n) is 7.07. The lowest BCUT2D eigenvalue weighted by molar-refractivity contribution is -0.00521. The number of nitrogen functional groups attached to an aromatic ring is 1. The molecule has 1 fully saturated rings. The third kappa shape index (κ3) is 2.94. The number of nitrogens with two attached hydrogens (primary N) is 1. The van der Waals surface area contributed by atoms with Gasteiger partial charge in [0, 0.05) is 19.2 Å². The summed E-state index contributed by atoms with van der Waals surface area (Å²) in [7, 11) is 0. The van der Waals surface area contributed by atoms with E-state index in [9.17, 15) is 14.4 Å². The van der Waals surface area contributed by atoms with Crippen LogP contribution in [0.4, 0.5) is 11.5 Å². The Bertz CT molecular complexity index is 1050. The van der Waals surface area contributed by atoms with Crippen LogP contribution < -0.4 is 21.5 Å². The molecule has 2 aliphatic heterocycles. The molecular formula is C19H19ClN4O4. The zero-order chi connectivity index (χ0) is 20.2. The molecule has 8 nitrogen and oxygen atoms in total. The summed E-state index contributed by atoms with van der Waals surface area (Å²) in [5.74, 6) is -1.34. The number of benzene rings is 1. The number of halogens is 1. The molecule has 0 saturated carbocycles. The molecule has 2 unspecified atom stereocenters. The summed E-state index contributed by atoms with van der Waals surface area (Å²) in [6.45, 7) is 5.41. The summed E-state index contributed by atoms with van der Waals surface area (Å²) in [6.07, 6.45) is 0.149. The molecule has 28 heavy (non-hydrogen) atoms. The number of aromatic nitrogens is 1. The van der Waals surface area contributed by atoms with Gasteiger partial charge < -0.3 is 15.4 Å². The van der Waals surface area contributed by atoms with Gasteiger partial charge in [-0.1, -0.05) is 11.6 Å². The Morgan fingerprint density at radius 3 is 2.43 bits per heavy atom. The first kappa shape index (κ1) is 18.5. The summed E-state index contributed by atoms with van der Waals surface area (Å²) in [4.78, 5) is 38.5. The average Bonchev–Trinajstić information content (AvgIpc) is 2.88. The molecule has 2 aromatic rings. The molecule has 1 saturated heterocycles. The lowest BCUT2D eigenvalue weighted by Crippen LogP contribution is -2.45. The summed E-state index contributed by atoms with van der Waals surface area (Å²) in [5.41, 5.74) is 6.79. The molecule has 0 radical (unpaired) electrons. The number of amides is 2. The fraction of sp³-hybridized carbons (Fsp3) is 0.316. The van der Waals surface area contributed by atoms with Crippen molar-refractivity contribution < 1.29 is 14.3 Å². The van der Waals surface area contributed by atoms with Crippen molar-refractivity contribution in [3.63, 3.8) is 0 Å². The first-order valence-electron chi connectivity index (χ1n) is 8.87. The van der Waals surface area contributed by atoms with Crippen molar-refractivity contribution >= 4 is 34.9 Å². The lowest BCUT2D eigenvalue weighted by atomic mass is 10.1. The quantitative estimate of drug-likeness (QED) is 0.738. The molecule has 9 heteroatoms. The minimum Gasteiger partial charge on any atom is -0.384 e. The minimum atomic E-state index is -0.625. The third-order valence-corrected chi connectivity index (χ3v) is 5.21. The van der Waals surface area contributed by atoms with Crippen LogP contribution in [0.2, 0.25) is 5.02 Å². The summed E-state index contributed by atoms with van der Waals surface area (Å²) < 4.78 is 6.93. The van der Waals surface area contributed by atoms with Crippen LogP contribution in [-0.4, -0.2) is 41.7 Å². The highest BCUT2D eigenvalue weighted by Gasteiger charge is 2.32. The number of nitrogens with zero attached hydrogens (tertiary/aromatic N) is 2. The monoisotopic (exact) mass is 402 g/mol. The fourth-order valence-corrected chi connectivity index (χ4v) is 4.11. The van der Waals surface area contributed by atoms with E-state index in [4.69, 9.17) is 22.1 Å². The van der Waals surface area contributed by atoms with Crippen LogP contribution in [0.25, 0.3) is 5.69 Å². The Kier molecular flexibility index (Phi) is 4.40. The van der Waals surface area contributed by atoms with Crippen LogP contribution in [0.3, 0.4) is 0 Å². The first-order chi connectivity index (χ1) is 13.3. The van der Waals surface area contributed by atoms with Gasteiger partial charge in [-0.05, 0) is 32.0 Å². The normalized spacial score (nSPS) is 21.6. The molecule has 0 aliphatic carbocycles. The number of hydrogen-bond acceptors (Lipinski definition) is 6. The SMILES string of the molecule is CC1CN(c2ccc(-n3c(N)c4c(cc3=O)C(=O)NC4=O)cc2Cl)CC(C)O1. The number of fused-ring (bicyclic) bond motifs is 1. The molecule has 0 spiro atoms. The van der Waals surface area contributed by atoms with E-state index >= 15 is 0 Å². The molecule has 2 atom stereocenters. The molecule has 4 rings (SSSR count). The van der Waals surface area contributed by atoms with Gasteiger partial charge in [-0.3, -0.25) is 24.3 Å². The number of ether oxygens (including phenoxy) is 1. The van der Waals surface area contributed by atoms with Crippen molar-refractivity contribution in [1.29, 1.82) is 0 Å². The number of anilines is 2. The van der Waals surface area contributed by atoms with Gasteiger partial charge in [0.2, 0.25) is 0 Å². The number of imide groups is 1. The van der Waals surface area contributed by atoms with Gasteiger partial charge in [-0.25, -0.2) is 0 Å². The van der Waals surface area contributed by atoms with Crippen molar-refractivity contribution in [1.82, 2.24) is 9.88 Å². The van der Waals surface area contributed by atoms with Crippen molar-refractivity contribution in [3.8, 4) is 5.69 Å². The molecule has 3 N–H and O–H groups in total. The van der Waals surface area contributed by atoms with E-state index in [0.29, 0.717) is 23.8 Å². The second-order valence-corrected chi connectivity index (χ2v) is 7.48. The number of hydrogen-bond donors (Lipinski definition) is 2. The summed E-state index contributed by atoms with van der Waals surface area (Å²) >= 11 is 6.51. The maximum Gasteiger partial charge on any atom is 0.262 e. The Morgan fingerprint density at radius 2 is 1.79 bits per heavy atom. The van der Waals surface area contributed by atoms with Crippen molar-refractivity contribution in [2.24, 2.45) is 0 Å². The third-order valence-electron chi connectivity index (χ3n) is 4.90. The van der Waals surface area contributed by atoms with Gasteiger partial charge in [0.05, 0.1) is 39.7 Å². The molecule has 146 valence electrons. The van der Waals surface area contributed by atoms with Crippen LogP contribution in [0.15, 0.2) is 29.1 Å². The number of pyridine rings is 1. The Labute approximate surface area is 165 Å². The summed E-state index contributed by atoms with van der Waals surface area (Å²) in [5, 5.41) is 2.60. The predicted molar refractivity (Wildman–Crippen MR) is 105 cm³/mol. The van der Waals surface area contributed by atoms with Gasteiger partial charge in [-0.15, -0.1) is 0 Å². The number of rotatable bonds is 2. The van der Waals surface area contributed by atoms with Gasteiger partial charge in [0.15, 0.2) is 0 Å². The minimum absolute atomic E-state index is 0.000581. The van der Waals surface area contributed by atoms with E-state index in [2.05, 4.69) is 10.2 Å². The summed E-state index contributed by atoms with van der Waals surface area (Å²) in [6, 6.07) is 6.26. The number of nitrogens with one attached hydrogen (secondary N) is 1.